The van der Waals surface area contributed by atoms with Crippen LogP contribution < -0.4 is 10.6 Å². The molecule has 10 heteroatoms. The number of hydrogen-bond acceptors (Lipinski definition) is 4. The van der Waals surface area contributed by atoms with Crippen molar-refractivity contribution in [1.82, 2.24) is 9.80 Å². The van der Waals surface area contributed by atoms with E-state index < -0.39 is 35.5 Å². The first-order valence-electron chi connectivity index (χ1n) is 16.8. The Morgan fingerprint density at radius 2 is 1.00 bits per heavy atom. The number of hydrogen-bond donors (Lipinski definition) is 2. The third-order valence-corrected chi connectivity index (χ3v) is 9.12. The van der Waals surface area contributed by atoms with E-state index in [0.717, 1.165) is 11.1 Å². The number of rotatable bonds is 10. The molecule has 2 atom stereocenters. The summed E-state index contributed by atoms with van der Waals surface area (Å²) >= 11 is 0. The first-order chi connectivity index (χ1) is 24.2. The van der Waals surface area contributed by atoms with E-state index in [9.17, 15) is 19.2 Å². The molecule has 4 aromatic rings. The summed E-state index contributed by atoms with van der Waals surface area (Å²) in [5, 5.41) is 5.27. The molecule has 0 bridgehead atoms. The molecular weight excluding hydrogens is 638 g/mol. The molecule has 2 heterocycles. The van der Waals surface area contributed by atoms with Crippen LogP contribution in [0, 0.1) is 11.6 Å². The lowest BCUT2D eigenvalue weighted by Crippen LogP contribution is -2.43. The van der Waals surface area contributed by atoms with Crippen LogP contribution in [0.15, 0.2) is 97.1 Å². The Morgan fingerprint density at radius 3 is 1.38 bits per heavy atom. The highest BCUT2D eigenvalue weighted by Gasteiger charge is 2.35. The molecule has 0 radical (unpaired) electrons. The van der Waals surface area contributed by atoms with Crippen molar-refractivity contribution in [3.63, 3.8) is 0 Å². The van der Waals surface area contributed by atoms with Crippen molar-refractivity contribution in [2.24, 2.45) is 0 Å². The Labute approximate surface area is 289 Å². The average Bonchev–Trinajstić information content (AvgIpc) is 3.82. The summed E-state index contributed by atoms with van der Waals surface area (Å²) in [5.74, 6) is -2.45. The lowest BCUT2D eigenvalue weighted by molar-refractivity contribution is -0.136. The SMILES string of the molecule is O=C(Nc1ccc(/C=C/c2ccc(NC(=O)[C@@H]3CCCN3C(=O)Cc3ccccc3)c(F)c2)cc1F)[C@@H]1CCCN1C(=O)Cc1ccccc1. The third kappa shape index (κ3) is 8.31. The molecule has 0 aromatic heterocycles. The highest BCUT2D eigenvalue weighted by atomic mass is 19.1. The fourth-order valence-electron chi connectivity index (χ4n) is 6.52. The first kappa shape index (κ1) is 34.2. The van der Waals surface area contributed by atoms with Crippen molar-refractivity contribution in [2.45, 2.75) is 50.6 Å². The molecule has 0 unspecified atom stereocenters. The number of amides is 4. The maximum atomic E-state index is 15.1. The smallest absolute Gasteiger partial charge is 0.247 e. The van der Waals surface area contributed by atoms with Crippen molar-refractivity contribution in [2.75, 3.05) is 23.7 Å². The molecule has 8 nitrogen and oxygen atoms in total. The van der Waals surface area contributed by atoms with Crippen molar-refractivity contribution < 1.29 is 28.0 Å². The van der Waals surface area contributed by atoms with Crippen molar-refractivity contribution >= 4 is 47.2 Å². The quantitative estimate of drug-likeness (QED) is 0.188. The lowest BCUT2D eigenvalue weighted by Gasteiger charge is -2.24. The van der Waals surface area contributed by atoms with E-state index in [0.29, 0.717) is 49.9 Å². The standard InChI is InChI=1S/C40H38F2N4O4/c41-31-23-29(17-19-33(31)43-39(49)35-13-7-21-45(35)37(47)25-27-9-3-1-4-10-27)15-16-30-18-20-34(32(42)24-30)44-40(50)36-14-8-22-46(36)38(48)26-28-11-5-2-6-12-28/h1-6,9-12,15-20,23-24,35-36H,7-8,13-14,21-22,25-26H2,(H,43,49)(H,44,50)/b16-15+/t35-,36-/m0/s1. The van der Waals surface area contributed by atoms with Gasteiger partial charge in [-0.1, -0.05) is 84.9 Å². The van der Waals surface area contributed by atoms with Crippen LogP contribution in [0.5, 0.6) is 0 Å². The number of benzene rings is 4. The Balaban J connectivity index is 1.03. The average molecular weight is 677 g/mol. The van der Waals surface area contributed by atoms with E-state index in [4.69, 9.17) is 0 Å². The minimum absolute atomic E-state index is 0.00300. The Kier molecular flexibility index (Phi) is 10.8. The summed E-state index contributed by atoms with van der Waals surface area (Å²) in [7, 11) is 0. The maximum Gasteiger partial charge on any atom is 0.247 e. The highest BCUT2D eigenvalue weighted by molar-refractivity contribution is 5.99. The fourth-order valence-corrected chi connectivity index (χ4v) is 6.52. The molecule has 6 rings (SSSR count). The molecule has 2 saturated heterocycles. The zero-order valence-electron chi connectivity index (χ0n) is 27.5. The largest absolute Gasteiger partial charge is 0.330 e. The van der Waals surface area contributed by atoms with Gasteiger partial charge in [0.15, 0.2) is 0 Å². The molecule has 0 aliphatic carbocycles. The van der Waals surface area contributed by atoms with Crippen LogP contribution in [-0.2, 0) is 32.0 Å². The van der Waals surface area contributed by atoms with Crippen LogP contribution in [0.2, 0.25) is 0 Å². The second kappa shape index (κ2) is 15.7. The molecule has 2 fully saturated rings. The van der Waals surface area contributed by atoms with Crippen molar-refractivity contribution in [3.05, 3.63) is 131 Å². The second-order valence-electron chi connectivity index (χ2n) is 12.6. The molecule has 50 heavy (non-hydrogen) atoms. The highest BCUT2D eigenvalue weighted by Crippen LogP contribution is 2.25. The van der Waals surface area contributed by atoms with Crippen LogP contribution >= 0.6 is 0 Å². The van der Waals surface area contributed by atoms with Gasteiger partial charge in [0, 0.05) is 13.1 Å². The number of likely N-dealkylation sites (tertiary alicyclic amines) is 2. The van der Waals surface area contributed by atoms with E-state index in [2.05, 4.69) is 10.6 Å². The molecule has 2 aliphatic rings. The van der Waals surface area contributed by atoms with Gasteiger partial charge in [0.2, 0.25) is 23.6 Å². The van der Waals surface area contributed by atoms with Crippen LogP contribution in [0.1, 0.15) is 47.9 Å². The van der Waals surface area contributed by atoms with E-state index >= 15 is 8.78 Å². The Hall–Kier alpha value is -5.64. The van der Waals surface area contributed by atoms with E-state index in [-0.39, 0.29) is 36.0 Å². The molecule has 4 amide bonds. The predicted molar refractivity (Wildman–Crippen MR) is 189 cm³/mol. The van der Waals surface area contributed by atoms with Crippen LogP contribution in [0.4, 0.5) is 20.2 Å². The van der Waals surface area contributed by atoms with Gasteiger partial charge in [-0.05, 0) is 72.2 Å². The molecular formula is C40H38F2N4O4. The Bertz CT molecular complexity index is 1760. The topological polar surface area (TPSA) is 98.8 Å². The number of anilines is 2. The third-order valence-electron chi connectivity index (χ3n) is 9.12. The van der Waals surface area contributed by atoms with E-state index in [1.54, 1.807) is 34.1 Å². The van der Waals surface area contributed by atoms with E-state index in [1.807, 2.05) is 60.7 Å². The van der Waals surface area contributed by atoms with E-state index in [1.165, 1.54) is 24.3 Å². The summed E-state index contributed by atoms with van der Waals surface area (Å²) in [4.78, 5) is 55.1. The number of nitrogens with one attached hydrogen (secondary N) is 2. The minimum atomic E-state index is -0.674. The van der Waals surface area contributed by atoms with Crippen molar-refractivity contribution in [3.8, 4) is 0 Å². The molecule has 4 aromatic carbocycles. The molecule has 256 valence electrons. The van der Waals surface area contributed by atoms with Gasteiger partial charge in [-0.2, -0.15) is 0 Å². The number of carbonyl (C=O) groups excluding carboxylic acids is 4. The second-order valence-corrected chi connectivity index (χ2v) is 12.6. The van der Waals surface area contributed by atoms with Gasteiger partial charge >= 0.3 is 0 Å². The summed E-state index contributed by atoms with van der Waals surface area (Å²) in [6, 6.07) is 26.0. The zero-order valence-corrected chi connectivity index (χ0v) is 27.5. The molecule has 0 saturated carbocycles. The van der Waals surface area contributed by atoms with Gasteiger partial charge in [-0.15, -0.1) is 0 Å². The monoisotopic (exact) mass is 676 g/mol. The van der Waals surface area contributed by atoms with Gasteiger partial charge in [-0.25, -0.2) is 8.78 Å². The fraction of sp³-hybridized carbons (Fsp3) is 0.250. The number of carbonyl (C=O) groups is 4. The van der Waals surface area contributed by atoms with Gasteiger partial charge < -0.3 is 20.4 Å². The molecule has 0 spiro atoms. The predicted octanol–water partition coefficient (Wildman–Crippen LogP) is 6.48. The van der Waals surface area contributed by atoms with Gasteiger partial charge in [0.05, 0.1) is 24.2 Å². The van der Waals surface area contributed by atoms with Gasteiger partial charge in [0.1, 0.15) is 23.7 Å². The Morgan fingerprint density at radius 1 is 0.600 bits per heavy atom. The number of halogens is 2. The summed E-state index contributed by atoms with van der Waals surface area (Å²) in [6.45, 7) is 0.943. The zero-order chi connectivity index (χ0) is 35.0. The summed E-state index contributed by atoms with van der Waals surface area (Å²) in [5.41, 5.74) is 2.71. The minimum Gasteiger partial charge on any atom is -0.330 e. The normalized spacial score (nSPS) is 17.2. The number of nitrogens with zero attached hydrogens (tertiary/aromatic N) is 2. The van der Waals surface area contributed by atoms with Crippen molar-refractivity contribution in [1.29, 1.82) is 0 Å². The first-order valence-corrected chi connectivity index (χ1v) is 16.8. The van der Waals surface area contributed by atoms with Crippen LogP contribution in [0.25, 0.3) is 12.2 Å². The molecule has 2 aliphatic heterocycles. The summed E-state index contributed by atoms with van der Waals surface area (Å²) in [6.07, 6.45) is 5.98. The van der Waals surface area contributed by atoms with Gasteiger partial charge in [0.25, 0.3) is 0 Å². The maximum absolute atomic E-state index is 15.1. The lowest BCUT2D eigenvalue weighted by atomic mass is 10.1. The molecule has 2 N–H and O–H groups in total. The summed E-state index contributed by atoms with van der Waals surface area (Å²) < 4.78 is 30.1. The van der Waals surface area contributed by atoms with Crippen LogP contribution in [0.3, 0.4) is 0 Å². The van der Waals surface area contributed by atoms with Gasteiger partial charge in [-0.3, -0.25) is 19.2 Å². The van der Waals surface area contributed by atoms with Crippen LogP contribution in [-0.4, -0.2) is 58.6 Å².